The molecule has 2 N–H and O–H groups in total. The number of halogens is 3. The van der Waals surface area contributed by atoms with Gasteiger partial charge < -0.3 is 15.4 Å². The Kier molecular flexibility index (Phi) is 4.09. The highest BCUT2D eigenvalue weighted by atomic mass is 19.4. The monoisotopic (exact) mass is 276 g/mol. The normalized spacial score (nSPS) is 14.7. The van der Waals surface area contributed by atoms with Crippen molar-refractivity contribution in [1.82, 2.24) is 0 Å². The van der Waals surface area contributed by atoms with E-state index in [1.807, 2.05) is 0 Å². The van der Waals surface area contributed by atoms with Crippen LogP contribution in [0.2, 0.25) is 0 Å². The lowest BCUT2D eigenvalue weighted by Gasteiger charge is -2.31. The predicted molar refractivity (Wildman–Crippen MR) is 65.1 cm³/mol. The smallest absolute Gasteiger partial charge is 0.415 e. The minimum atomic E-state index is -4.83. The Morgan fingerprint density at radius 2 is 1.84 bits per heavy atom. The lowest BCUT2D eigenvalue weighted by Crippen LogP contribution is -2.61. The number of ether oxygens (including phenoxy) is 1. The number of nitrogens with two attached hydrogens (primary N) is 1. The lowest BCUT2D eigenvalue weighted by atomic mass is 10.0. The van der Waals surface area contributed by atoms with E-state index in [0.29, 0.717) is 6.92 Å². The van der Waals surface area contributed by atoms with E-state index >= 15 is 0 Å². The van der Waals surface area contributed by atoms with Gasteiger partial charge in [0.05, 0.1) is 12.8 Å². The molecule has 0 spiro atoms. The van der Waals surface area contributed by atoms with Crippen LogP contribution in [0.1, 0.15) is 6.92 Å². The van der Waals surface area contributed by atoms with Gasteiger partial charge >= 0.3 is 6.18 Å². The number of hydrogen-bond donors (Lipinski definition) is 1. The number of methoxy groups -OCH3 is 1. The summed E-state index contributed by atoms with van der Waals surface area (Å²) in [6, 6.07) is 6.25. The van der Waals surface area contributed by atoms with Gasteiger partial charge in [0.2, 0.25) is 0 Å². The topological polar surface area (TPSA) is 55.6 Å². The molecule has 0 aliphatic heterocycles. The highest BCUT2D eigenvalue weighted by Gasteiger charge is 2.55. The maximum atomic E-state index is 12.7. The summed E-state index contributed by atoms with van der Waals surface area (Å²) in [5.41, 5.74) is 2.37. The third-order valence-electron chi connectivity index (χ3n) is 2.78. The minimum Gasteiger partial charge on any atom is -0.495 e. The van der Waals surface area contributed by atoms with Crippen molar-refractivity contribution in [2.24, 2.45) is 5.73 Å². The zero-order chi connectivity index (χ0) is 14.8. The Morgan fingerprint density at radius 1 is 1.32 bits per heavy atom. The molecule has 0 aliphatic rings. The average molecular weight is 276 g/mol. The van der Waals surface area contributed by atoms with Crippen molar-refractivity contribution in [3.05, 3.63) is 24.3 Å². The van der Waals surface area contributed by atoms with Gasteiger partial charge in [0, 0.05) is 7.05 Å². The summed E-state index contributed by atoms with van der Waals surface area (Å²) >= 11 is 0. The Balaban J connectivity index is 3.14. The number of benzene rings is 1. The number of rotatable bonds is 3. The fraction of sp³-hybridized carbons (Fsp3) is 0.417. The second-order valence-electron chi connectivity index (χ2n) is 4.24. The van der Waals surface area contributed by atoms with E-state index in [-0.39, 0.29) is 11.4 Å². The molecule has 0 fully saturated rings. The number of alkyl halides is 3. The van der Waals surface area contributed by atoms with Crippen LogP contribution in [0.15, 0.2) is 24.3 Å². The number of amides is 1. The van der Waals surface area contributed by atoms with Crippen molar-refractivity contribution in [2.75, 3.05) is 19.1 Å². The first-order chi connectivity index (χ1) is 8.63. The molecular weight excluding hydrogens is 261 g/mol. The fourth-order valence-corrected chi connectivity index (χ4v) is 1.49. The summed E-state index contributed by atoms with van der Waals surface area (Å²) in [6.07, 6.45) is -4.83. The first-order valence-electron chi connectivity index (χ1n) is 5.39. The molecule has 0 aromatic heterocycles. The molecule has 0 saturated carbocycles. The van der Waals surface area contributed by atoms with Crippen LogP contribution in [-0.4, -0.2) is 31.8 Å². The van der Waals surface area contributed by atoms with E-state index in [2.05, 4.69) is 0 Å². The standard InChI is InChI=1S/C12H15F3N2O2/c1-11(16,12(13,14)15)10(18)17(2)8-6-4-5-7-9(8)19-3/h4-7H,16H2,1-3H3. The van der Waals surface area contributed by atoms with E-state index in [0.717, 1.165) is 4.90 Å². The first kappa shape index (κ1) is 15.3. The van der Waals surface area contributed by atoms with E-state index in [1.165, 1.54) is 20.2 Å². The van der Waals surface area contributed by atoms with Crippen molar-refractivity contribution in [3.63, 3.8) is 0 Å². The van der Waals surface area contributed by atoms with Crippen LogP contribution in [0, 0.1) is 0 Å². The molecule has 4 nitrogen and oxygen atoms in total. The second kappa shape index (κ2) is 5.08. The fourth-order valence-electron chi connectivity index (χ4n) is 1.49. The Morgan fingerprint density at radius 3 is 2.32 bits per heavy atom. The quantitative estimate of drug-likeness (QED) is 0.918. The van der Waals surface area contributed by atoms with Gasteiger partial charge in [-0.15, -0.1) is 0 Å². The Hall–Kier alpha value is -1.76. The summed E-state index contributed by atoms with van der Waals surface area (Å²) in [4.78, 5) is 12.7. The zero-order valence-electron chi connectivity index (χ0n) is 10.8. The number of likely N-dealkylation sites (N-methyl/N-ethyl adjacent to an activating group) is 1. The number of carbonyl (C=O) groups excluding carboxylic acids is 1. The highest BCUT2D eigenvalue weighted by molar-refractivity contribution is 6.01. The Bertz CT molecular complexity index is 472. The Labute approximate surface area is 108 Å². The number of nitrogens with zero attached hydrogens (tertiary/aromatic N) is 1. The van der Waals surface area contributed by atoms with Crippen LogP contribution in [-0.2, 0) is 4.79 Å². The highest BCUT2D eigenvalue weighted by Crippen LogP contribution is 2.33. The molecule has 0 aliphatic carbocycles. The van der Waals surface area contributed by atoms with Gasteiger partial charge in [-0.3, -0.25) is 4.79 Å². The summed E-state index contributed by atoms with van der Waals surface area (Å²) in [5, 5.41) is 0. The predicted octanol–water partition coefficient (Wildman–Crippen LogP) is 1.94. The maximum absolute atomic E-state index is 12.7. The van der Waals surface area contributed by atoms with Crippen molar-refractivity contribution in [2.45, 2.75) is 18.6 Å². The molecule has 0 heterocycles. The molecular formula is C12H15F3N2O2. The van der Waals surface area contributed by atoms with Gasteiger partial charge in [0.1, 0.15) is 5.75 Å². The SMILES string of the molecule is COc1ccccc1N(C)C(=O)C(C)(N)C(F)(F)F. The van der Waals surface area contributed by atoms with Crippen LogP contribution in [0.25, 0.3) is 0 Å². The van der Waals surface area contributed by atoms with E-state index < -0.39 is 17.6 Å². The maximum Gasteiger partial charge on any atom is 0.415 e. The summed E-state index contributed by atoms with van der Waals surface area (Å²) in [5.74, 6) is -0.971. The molecule has 1 amide bonds. The molecule has 1 aromatic rings. The van der Waals surface area contributed by atoms with Gasteiger partial charge in [-0.25, -0.2) is 0 Å². The van der Waals surface area contributed by atoms with Gasteiger partial charge in [-0.05, 0) is 19.1 Å². The van der Waals surface area contributed by atoms with Crippen LogP contribution < -0.4 is 15.4 Å². The van der Waals surface area contributed by atoms with Crippen LogP contribution in [0.3, 0.4) is 0 Å². The molecule has 1 rings (SSSR count). The van der Waals surface area contributed by atoms with Gasteiger partial charge in [-0.2, -0.15) is 13.2 Å². The molecule has 106 valence electrons. The summed E-state index contributed by atoms with van der Waals surface area (Å²) in [7, 11) is 2.58. The number of carbonyl (C=O) groups is 1. The number of anilines is 1. The van der Waals surface area contributed by atoms with Gasteiger partial charge in [0.25, 0.3) is 5.91 Å². The third kappa shape index (κ3) is 2.81. The van der Waals surface area contributed by atoms with Crippen molar-refractivity contribution in [1.29, 1.82) is 0 Å². The largest absolute Gasteiger partial charge is 0.495 e. The van der Waals surface area contributed by atoms with E-state index in [9.17, 15) is 18.0 Å². The molecule has 0 bridgehead atoms. The first-order valence-corrected chi connectivity index (χ1v) is 5.39. The van der Waals surface area contributed by atoms with Crippen molar-refractivity contribution < 1.29 is 22.7 Å². The van der Waals surface area contributed by atoms with E-state index in [4.69, 9.17) is 10.5 Å². The minimum absolute atomic E-state index is 0.218. The van der Waals surface area contributed by atoms with E-state index in [1.54, 1.807) is 18.2 Å². The van der Waals surface area contributed by atoms with Crippen LogP contribution in [0.5, 0.6) is 5.75 Å². The van der Waals surface area contributed by atoms with Crippen molar-refractivity contribution >= 4 is 11.6 Å². The van der Waals surface area contributed by atoms with Crippen LogP contribution in [0.4, 0.5) is 18.9 Å². The number of para-hydroxylation sites is 2. The molecule has 0 saturated heterocycles. The molecule has 1 aromatic carbocycles. The summed E-state index contributed by atoms with van der Waals surface area (Å²) < 4.78 is 43.2. The molecule has 19 heavy (non-hydrogen) atoms. The van der Waals surface area contributed by atoms with Crippen molar-refractivity contribution in [3.8, 4) is 5.75 Å². The zero-order valence-corrected chi connectivity index (χ0v) is 10.8. The second-order valence-corrected chi connectivity index (χ2v) is 4.24. The lowest BCUT2D eigenvalue weighted by molar-refractivity contribution is -0.185. The van der Waals surface area contributed by atoms with Gasteiger partial charge in [0.15, 0.2) is 5.54 Å². The molecule has 7 heteroatoms. The average Bonchev–Trinajstić information content (AvgIpc) is 2.35. The summed E-state index contributed by atoms with van der Waals surface area (Å²) in [6.45, 7) is 0.640. The van der Waals surface area contributed by atoms with Gasteiger partial charge in [-0.1, -0.05) is 12.1 Å². The molecule has 0 radical (unpaired) electrons. The number of hydrogen-bond acceptors (Lipinski definition) is 3. The van der Waals surface area contributed by atoms with Crippen LogP contribution >= 0.6 is 0 Å². The molecule has 1 atom stereocenters. The molecule has 1 unspecified atom stereocenters. The third-order valence-corrected chi connectivity index (χ3v) is 2.78.